The molecule has 0 bridgehead atoms. The molecule has 1 N–H and O–H groups in total. The summed E-state index contributed by atoms with van der Waals surface area (Å²) in [6.07, 6.45) is 4.08. The second-order valence-electron chi connectivity index (χ2n) is 7.66. The van der Waals surface area contributed by atoms with E-state index in [0.29, 0.717) is 18.4 Å². The van der Waals surface area contributed by atoms with Crippen molar-refractivity contribution in [2.75, 3.05) is 0 Å². The fourth-order valence-electron chi connectivity index (χ4n) is 4.11. The molecule has 0 spiro atoms. The van der Waals surface area contributed by atoms with Crippen molar-refractivity contribution in [3.05, 3.63) is 83.2 Å². The predicted octanol–water partition coefficient (Wildman–Crippen LogP) is 4.94. The highest BCUT2D eigenvalue weighted by molar-refractivity contribution is 7.21. The molecule has 0 saturated heterocycles. The largest absolute Gasteiger partial charge is 0.392 e. The molecule has 2 aromatic carbocycles. The van der Waals surface area contributed by atoms with Crippen LogP contribution in [0, 0.1) is 6.92 Å². The van der Waals surface area contributed by atoms with Crippen LogP contribution in [0.3, 0.4) is 0 Å². The molecule has 0 radical (unpaired) electrons. The second kappa shape index (κ2) is 7.17. The number of hydrogen-bond donors (Lipinski definition) is 1. The number of carbonyl (C=O) groups excluding carboxylic acids is 1. The first kappa shape index (κ1) is 18.2. The van der Waals surface area contributed by atoms with Gasteiger partial charge in [-0.05, 0) is 54.3 Å². The number of Topliss-reactive ketones (excluding diaryl/α,β-unsaturated/α-hetero) is 1. The molecule has 2 aromatic heterocycles. The Bertz CT molecular complexity index is 1230. The molecule has 1 aliphatic carbocycles. The van der Waals surface area contributed by atoms with Crippen LogP contribution in [-0.2, 0) is 6.42 Å². The maximum atomic E-state index is 13.0. The van der Waals surface area contributed by atoms with Crippen LogP contribution in [0.5, 0.6) is 0 Å². The van der Waals surface area contributed by atoms with Crippen LogP contribution < -0.4 is 0 Å². The van der Waals surface area contributed by atoms with E-state index in [2.05, 4.69) is 11.1 Å². The van der Waals surface area contributed by atoms with Crippen molar-refractivity contribution in [2.45, 2.75) is 31.8 Å². The number of nitrogens with zero attached hydrogens (tertiary/aromatic N) is 2. The lowest BCUT2D eigenvalue weighted by Crippen LogP contribution is -2.17. The highest BCUT2D eigenvalue weighted by Crippen LogP contribution is 2.37. The van der Waals surface area contributed by atoms with Crippen molar-refractivity contribution in [1.82, 2.24) is 9.97 Å². The Hall–Kier alpha value is -2.89. The minimum Gasteiger partial charge on any atom is -0.392 e. The van der Waals surface area contributed by atoms with E-state index in [-0.39, 0.29) is 11.7 Å². The molecule has 0 unspecified atom stereocenters. The van der Waals surface area contributed by atoms with Crippen molar-refractivity contribution < 1.29 is 9.90 Å². The molecule has 5 rings (SSSR count). The number of aliphatic hydroxyl groups is 1. The van der Waals surface area contributed by atoms with Gasteiger partial charge in [-0.15, -0.1) is 11.3 Å². The second-order valence-corrected chi connectivity index (χ2v) is 8.69. The smallest absolute Gasteiger partial charge is 0.163 e. The number of aliphatic hydroxyl groups excluding tert-OH is 1. The van der Waals surface area contributed by atoms with Crippen molar-refractivity contribution in [3.63, 3.8) is 0 Å². The van der Waals surface area contributed by atoms with Gasteiger partial charge in [0.05, 0.1) is 16.3 Å². The summed E-state index contributed by atoms with van der Waals surface area (Å²) in [6.45, 7) is 2.01. The van der Waals surface area contributed by atoms with Crippen molar-refractivity contribution in [2.24, 2.45) is 0 Å². The zero-order valence-electron chi connectivity index (χ0n) is 16.0. The molecule has 0 amide bonds. The minimum atomic E-state index is -0.496. The molecule has 0 saturated carbocycles. The van der Waals surface area contributed by atoms with E-state index in [0.717, 1.165) is 37.5 Å². The lowest BCUT2D eigenvalue weighted by molar-refractivity contribution is 0.0921. The van der Waals surface area contributed by atoms with Gasteiger partial charge >= 0.3 is 0 Å². The Labute approximate surface area is 172 Å². The van der Waals surface area contributed by atoms with Crippen LogP contribution in [0.1, 0.15) is 39.4 Å². The van der Waals surface area contributed by atoms with Gasteiger partial charge in [-0.2, -0.15) is 0 Å². The molecule has 1 aliphatic rings. The van der Waals surface area contributed by atoms with Crippen LogP contribution >= 0.6 is 11.3 Å². The third-order valence-electron chi connectivity index (χ3n) is 5.59. The number of fused-ring (bicyclic) bond motifs is 2. The van der Waals surface area contributed by atoms with Gasteiger partial charge in [0.25, 0.3) is 0 Å². The van der Waals surface area contributed by atoms with Crippen LogP contribution in [0.2, 0.25) is 0 Å². The number of ketones is 1. The molecule has 0 fully saturated rings. The van der Waals surface area contributed by atoms with Gasteiger partial charge in [0, 0.05) is 35.9 Å². The lowest BCUT2D eigenvalue weighted by Gasteiger charge is -2.15. The summed E-state index contributed by atoms with van der Waals surface area (Å²) >= 11 is 1.57. The topological polar surface area (TPSA) is 63.1 Å². The quantitative estimate of drug-likeness (QED) is 0.493. The fourth-order valence-corrected chi connectivity index (χ4v) is 5.10. The number of rotatable bonds is 4. The Balaban J connectivity index is 1.42. The maximum absolute atomic E-state index is 13.0. The summed E-state index contributed by atoms with van der Waals surface area (Å²) in [5.41, 5.74) is 5.88. The number of aryl methyl sites for hydroxylation is 1. The van der Waals surface area contributed by atoms with Gasteiger partial charge < -0.3 is 5.11 Å². The van der Waals surface area contributed by atoms with Gasteiger partial charge in [0.1, 0.15) is 5.01 Å². The standard InChI is InChI=1S/C24H20N2O2S/c1-14-8-17(13-25-12-14)24-26-20-7-6-16(10-23(20)29-24)21(27)11-19-18-5-3-2-4-15(18)9-22(19)28/h2-8,10,12-13,19,22,28H,9,11H2,1H3/t19-,22-/m1/s1. The number of carbonyl (C=O) groups is 1. The molecule has 4 aromatic rings. The van der Waals surface area contributed by atoms with Crippen molar-refractivity contribution in [1.29, 1.82) is 0 Å². The SMILES string of the molecule is Cc1cncc(-c2nc3ccc(C(=O)C[C@@H]4c5ccccc5C[C@H]4O)cc3s2)c1. The average Bonchev–Trinajstić information content (AvgIpc) is 3.28. The summed E-state index contributed by atoms with van der Waals surface area (Å²) < 4.78 is 0.986. The Morgan fingerprint density at radius 3 is 2.90 bits per heavy atom. The molecule has 144 valence electrons. The molecular weight excluding hydrogens is 380 g/mol. The number of thiazole rings is 1. The monoisotopic (exact) mass is 400 g/mol. The molecule has 5 heteroatoms. The summed E-state index contributed by atoms with van der Waals surface area (Å²) in [7, 11) is 0. The minimum absolute atomic E-state index is 0.0554. The number of hydrogen-bond acceptors (Lipinski definition) is 5. The van der Waals surface area contributed by atoms with E-state index >= 15 is 0 Å². The van der Waals surface area contributed by atoms with Gasteiger partial charge in [-0.3, -0.25) is 9.78 Å². The first-order valence-corrected chi connectivity index (χ1v) is 10.5. The number of pyridine rings is 1. The van der Waals surface area contributed by atoms with Crippen LogP contribution in [-0.4, -0.2) is 27.0 Å². The average molecular weight is 401 g/mol. The summed E-state index contributed by atoms with van der Waals surface area (Å²) in [6, 6.07) is 15.8. The van der Waals surface area contributed by atoms with Gasteiger partial charge in [-0.1, -0.05) is 24.3 Å². The number of benzene rings is 2. The molecule has 2 heterocycles. The Morgan fingerprint density at radius 1 is 1.17 bits per heavy atom. The van der Waals surface area contributed by atoms with Gasteiger partial charge in [0.15, 0.2) is 5.78 Å². The first-order chi connectivity index (χ1) is 14.1. The van der Waals surface area contributed by atoms with Crippen molar-refractivity contribution in [3.8, 4) is 10.6 Å². The Kier molecular flexibility index (Phi) is 4.49. The maximum Gasteiger partial charge on any atom is 0.163 e. The molecule has 2 atom stereocenters. The third kappa shape index (κ3) is 3.37. The number of aromatic nitrogens is 2. The molecule has 0 aliphatic heterocycles. The normalized spacial score (nSPS) is 18.1. The van der Waals surface area contributed by atoms with E-state index in [1.165, 1.54) is 0 Å². The van der Waals surface area contributed by atoms with Gasteiger partial charge in [-0.25, -0.2) is 4.98 Å². The fraction of sp³-hybridized carbons (Fsp3) is 0.208. The zero-order chi connectivity index (χ0) is 20.0. The van der Waals surface area contributed by atoms with E-state index in [1.807, 2.05) is 61.8 Å². The highest BCUT2D eigenvalue weighted by atomic mass is 32.1. The van der Waals surface area contributed by atoms with Crippen LogP contribution in [0.4, 0.5) is 0 Å². The van der Waals surface area contributed by atoms with Gasteiger partial charge in [0.2, 0.25) is 0 Å². The van der Waals surface area contributed by atoms with E-state index < -0.39 is 6.10 Å². The lowest BCUT2D eigenvalue weighted by atomic mass is 9.92. The van der Waals surface area contributed by atoms with E-state index in [1.54, 1.807) is 11.3 Å². The van der Waals surface area contributed by atoms with Crippen molar-refractivity contribution >= 4 is 27.3 Å². The van der Waals surface area contributed by atoms with E-state index in [4.69, 9.17) is 4.98 Å². The molecule has 4 nitrogen and oxygen atoms in total. The third-order valence-corrected chi connectivity index (χ3v) is 6.65. The molecule has 29 heavy (non-hydrogen) atoms. The molecular formula is C24H20N2O2S. The first-order valence-electron chi connectivity index (χ1n) is 9.70. The summed E-state index contributed by atoms with van der Waals surface area (Å²) in [5, 5.41) is 11.4. The predicted molar refractivity (Wildman–Crippen MR) is 115 cm³/mol. The van der Waals surface area contributed by atoms with Crippen LogP contribution in [0.25, 0.3) is 20.8 Å². The summed E-state index contributed by atoms with van der Waals surface area (Å²) in [5.74, 6) is -0.0791. The Morgan fingerprint density at radius 2 is 2.03 bits per heavy atom. The zero-order valence-corrected chi connectivity index (χ0v) is 16.8. The van der Waals surface area contributed by atoms with Crippen LogP contribution in [0.15, 0.2) is 60.9 Å². The highest BCUT2D eigenvalue weighted by Gasteiger charge is 2.32. The summed E-state index contributed by atoms with van der Waals surface area (Å²) in [4.78, 5) is 21.9. The van der Waals surface area contributed by atoms with E-state index in [9.17, 15) is 9.90 Å².